The second kappa shape index (κ2) is 28.0. The summed E-state index contributed by atoms with van der Waals surface area (Å²) in [7, 11) is 0. The van der Waals surface area contributed by atoms with Gasteiger partial charge in [0.15, 0.2) is 6.29 Å². The van der Waals surface area contributed by atoms with Crippen molar-refractivity contribution in [2.75, 3.05) is 13.2 Å². The van der Waals surface area contributed by atoms with Gasteiger partial charge in [-0.3, -0.25) is 4.79 Å². The number of aliphatic hydroxyl groups is 5. The topological polar surface area (TPSA) is 149 Å². The summed E-state index contributed by atoms with van der Waals surface area (Å²) in [5, 5.41) is 53.7. The Labute approximate surface area is 274 Å². The lowest BCUT2D eigenvalue weighted by Gasteiger charge is -2.40. The lowest BCUT2D eigenvalue weighted by molar-refractivity contribution is -0.302. The minimum absolute atomic E-state index is 0.185. The summed E-state index contributed by atoms with van der Waals surface area (Å²) in [6.45, 7) is 3.69. The van der Waals surface area contributed by atoms with Gasteiger partial charge in [0.25, 0.3) is 0 Å². The third-order valence-corrected chi connectivity index (χ3v) is 8.86. The van der Waals surface area contributed by atoms with Crippen LogP contribution in [-0.2, 0) is 14.3 Å². The molecular formula is C36H69NO8. The molecule has 0 radical (unpaired) electrons. The predicted octanol–water partition coefficient (Wildman–Crippen LogP) is 5.83. The number of allylic oxidation sites excluding steroid dienone is 1. The summed E-state index contributed by atoms with van der Waals surface area (Å²) in [6, 6.07) is -0.794. The summed E-state index contributed by atoms with van der Waals surface area (Å²) in [4.78, 5) is 12.7. The van der Waals surface area contributed by atoms with Crippen LogP contribution in [0.15, 0.2) is 12.2 Å². The summed E-state index contributed by atoms with van der Waals surface area (Å²) < 4.78 is 11.1. The van der Waals surface area contributed by atoms with Crippen molar-refractivity contribution in [3.05, 3.63) is 12.2 Å². The van der Waals surface area contributed by atoms with Crippen molar-refractivity contribution in [3.8, 4) is 0 Å². The zero-order valence-electron chi connectivity index (χ0n) is 28.6. The smallest absolute Gasteiger partial charge is 0.220 e. The van der Waals surface area contributed by atoms with Crippen molar-refractivity contribution >= 4 is 5.91 Å². The van der Waals surface area contributed by atoms with Crippen LogP contribution in [0.2, 0.25) is 0 Å². The zero-order valence-corrected chi connectivity index (χ0v) is 28.6. The SMILES string of the molecule is CCCCCCCCCCCCCCC/C=C/[C@@H](O)[C@H](CO[C@@H]1O[C@H](CO)[C@@H](O)C(O)C1O)NC(=O)CCCCCCCCC. The predicted molar refractivity (Wildman–Crippen MR) is 180 cm³/mol. The first-order valence-corrected chi connectivity index (χ1v) is 18.4. The number of carbonyl (C=O) groups is 1. The first-order valence-electron chi connectivity index (χ1n) is 18.4. The van der Waals surface area contributed by atoms with Crippen LogP contribution in [0.5, 0.6) is 0 Å². The number of hydrogen-bond donors (Lipinski definition) is 6. The number of amides is 1. The first kappa shape index (κ1) is 42.0. The van der Waals surface area contributed by atoms with E-state index in [1.807, 2.05) is 6.08 Å². The fraction of sp³-hybridized carbons (Fsp3) is 0.917. The molecule has 9 heteroatoms. The first-order chi connectivity index (χ1) is 21.8. The Morgan fingerprint density at radius 3 is 1.73 bits per heavy atom. The maximum atomic E-state index is 12.7. The quantitative estimate of drug-likeness (QED) is 0.0441. The van der Waals surface area contributed by atoms with E-state index in [0.717, 1.165) is 38.5 Å². The van der Waals surface area contributed by atoms with Gasteiger partial charge in [0.05, 0.1) is 25.4 Å². The van der Waals surface area contributed by atoms with Gasteiger partial charge in [0, 0.05) is 6.42 Å². The van der Waals surface area contributed by atoms with Gasteiger partial charge in [0.1, 0.15) is 24.4 Å². The van der Waals surface area contributed by atoms with Crippen LogP contribution in [0, 0.1) is 0 Å². The van der Waals surface area contributed by atoms with Crippen LogP contribution >= 0.6 is 0 Å². The maximum Gasteiger partial charge on any atom is 0.220 e. The molecule has 1 aliphatic heterocycles. The molecule has 1 aliphatic rings. The molecule has 2 unspecified atom stereocenters. The lowest BCUT2D eigenvalue weighted by Crippen LogP contribution is -2.60. The molecule has 7 atom stereocenters. The third-order valence-electron chi connectivity index (χ3n) is 8.86. The van der Waals surface area contributed by atoms with Crippen LogP contribution in [0.3, 0.4) is 0 Å². The Bertz CT molecular complexity index is 721. The highest BCUT2D eigenvalue weighted by molar-refractivity contribution is 5.76. The highest BCUT2D eigenvalue weighted by Gasteiger charge is 2.44. The molecule has 0 spiro atoms. The highest BCUT2D eigenvalue weighted by Crippen LogP contribution is 2.22. The fourth-order valence-corrected chi connectivity index (χ4v) is 5.80. The number of carbonyl (C=O) groups excluding carboxylic acids is 1. The monoisotopic (exact) mass is 644 g/mol. The Kier molecular flexibility index (Phi) is 26.1. The van der Waals surface area contributed by atoms with Crippen molar-refractivity contribution in [1.82, 2.24) is 5.32 Å². The summed E-state index contributed by atoms with van der Waals surface area (Å²) in [5.41, 5.74) is 0. The molecule has 1 saturated heterocycles. The van der Waals surface area contributed by atoms with E-state index in [1.165, 1.54) is 96.3 Å². The van der Waals surface area contributed by atoms with Crippen molar-refractivity contribution in [1.29, 1.82) is 0 Å². The molecule has 0 saturated carbocycles. The number of rotatable bonds is 29. The normalized spacial score (nSPS) is 23.4. The van der Waals surface area contributed by atoms with E-state index in [-0.39, 0.29) is 12.5 Å². The molecule has 1 amide bonds. The number of aliphatic hydroxyl groups excluding tert-OH is 5. The van der Waals surface area contributed by atoms with E-state index in [1.54, 1.807) is 6.08 Å². The van der Waals surface area contributed by atoms with Gasteiger partial charge in [0.2, 0.25) is 5.91 Å². The van der Waals surface area contributed by atoms with Crippen molar-refractivity contribution < 1.29 is 39.8 Å². The standard InChI is InChI=1S/C36H69NO8/c1-3-5-7-9-11-12-13-14-15-16-17-18-20-21-23-25-30(39)29(37-32(40)26-24-22-19-10-8-6-4-2)28-44-36-35(43)34(42)33(41)31(27-38)45-36/h23,25,29-31,33-36,38-39,41-43H,3-22,24,26-28H2,1-2H3,(H,37,40)/b25-23+/t29-,30+,31+,33+,34?,35?,36+/m0/s1. The van der Waals surface area contributed by atoms with E-state index in [4.69, 9.17) is 9.47 Å². The van der Waals surface area contributed by atoms with Crippen molar-refractivity contribution in [2.24, 2.45) is 0 Å². The van der Waals surface area contributed by atoms with E-state index in [0.29, 0.717) is 6.42 Å². The molecular weight excluding hydrogens is 574 g/mol. The van der Waals surface area contributed by atoms with Gasteiger partial charge in [-0.25, -0.2) is 0 Å². The molecule has 1 fully saturated rings. The summed E-state index contributed by atoms with van der Waals surface area (Å²) >= 11 is 0. The van der Waals surface area contributed by atoms with E-state index >= 15 is 0 Å². The van der Waals surface area contributed by atoms with Crippen LogP contribution in [-0.4, -0.2) is 87.5 Å². The molecule has 1 heterocycles. The summed E-state index contributed by atoms with van der Waals surface area (Å²) in [5.74, 6) is -0.185. The van der Waals surface area contributed by atoms with E-state index in [2.05, 4.69) is 19.2 Å². The van der Waals surface area contributed by atoms with Crippen LogP contribution in [0.4, 0.5) is 0 Å². The highest BCUT2D eigenvalue weighted by atomic mass is 16.7. The molecule has 45 heavy (non-hydrogen) atoms. The second-order valence-electron chi connectivity index (χ2n) is 13.0. The van der Waals surface area contributed by atoms with Gasteiger partial charge < -0.3 is 40.3 Å². The number of hydrogen-bond acceptors (Lipinski definition) is 8. The maximum absolute atomic E-state index is 12.7. The Morgan fingerprint density at radius 2 is 1.22 bits per heavy atom. The van der Waals surface area contributed by atoms with Gasteiger partial charge >= 0.3 is 0 Å². The molecule has 0 aromatic rings. The zero-order chi connectivity index (χ0) is 33.1. The Balaban J connectivity index is 2.45. The minimum Gasteiger partial charge on any atom is -0.394 e. The Hall–Kier alpha value is -1.07. The largest absolute Gasteiger partial charge is 0.394 e. The fourth-order valence-electron chi connectivity index (χ4n) is 5.80. The average molecular weight is 644 g/mol. The lowest BCUT2D eigenvalue weighted by atomic mass is 9.99. The molecule has 266 valence electrons. The van der Waals surface area contributed by atoms with Gasteiger partial charge in [-0.05, 0) is 19.3 Å². The number of nitrogens with one attached hydrogen (secondary N) is 1. The van der Waals surface area contributed by atoms with Crippen LogP contribution in [0.1, 0.15) is 155 Å². The average Bonchev–Trinajstić information content (AvgIpc) is 3.03. The van der Waals surface area contributed by atoms with Gasteiger partial charge in [-0.2, -0.15) is 0 Å². The summed E-state index contributed by atoms with van der Waals surface area (Å²) in [6.07, 6.45) is 21.3. The van der Waals surface area contributed by atoms with E-state index < -0.39 is 49.5 Å². The third kappa shape index (κ3) is 20.0. The Morgan fingerprint density at radius 1 is 0.733 bits per heavy atom. The molecule has 0 aliphatic carbocycles. The van der Waals surface area contributed by atoms with Crippen LogP contribution < -0.4 is 5.32 Å². The van der Waals surface area contributed by atoms with E-state index in [9.17, 15) is 30.3 Å². The molecule has 1 rings (SSSR count). The molecule has 6 N–H and O–H groups in total. The molecule has 0 bridgehead atoms. The van der Waals surface area contributed by atoms with Crippen LogP contribution in [0.25, 0.3) is 0 Å². The number of ether oxygens (including phenoxy) is 2. The molecule has 0 aromatic heterocycles. The second-order valence-corrected chi connectivity index (χ2v) is 13.0. The van der Waals surface area contributed by atoms with Gasteiger partial charge in [-0.15, -0.1) is 0 Å². The van der Waals surface area contributed by atoms with Gasteiger partial charge in [-0.1, -0.05) is 142 Å². The minimum atomic E-state index is -1.56. The van der Waals surface area contributed by atoms with Crippen molar-refractivity contribution in [3.63, 3.8) is 0 Å². The number of unbranched alkanes of at least 4 members (excludes halogenated alkanes) is 19. The molecule has 0 aromatic carbocycles. The molecule has 9 nitrogen and oxygen atoms in total. The van der Waals surface area contributed by atoms with Crippen molar-refractivity contribution in [2.45, 2.75) is 198 Å².